The molecule has 1 N–H and O–H groups in total. The van der Waals surface area contributed by atoms with E-state index in [2.05, 4.69) is 19.9 Å². The zero-order chi connectivity index (χ0) is 12.5. The van der Waals surface area contributed by atoms with Crippen LogP contribution in [0.2, 0.25) is 0 Å². The van der Waals surface area contributed by atoms with E-state index in [1.54, 1.807) is 12.3 Å². The van der Waals surface area contributed by atoms with Crippen LogP contribution in [0.15, 0.2) is 30.9 Å². The van der Waals surface area contributed by atoms with Gasteiger partial charge in [-0.2, -0.15) is 5.26 Å². The number of rotatable bonds is 1. The molecule has 86 valence electrons. The summed E-state index contributed by atoms with van der Waals surface area (Å²) in [6.45, 7) is 0. The zero-order valence-corrected chi connectivity index (χ0v) is 9.05. The minimum Gasteiger partial charge on any atom is -0.345 e. The predicted molar refractivity (Wildman–Crippen MR) is 61.8 cm³/mol. The first kappa shape index (κ1) is 10.4. The Morgan fingerprint density at radius 2 is 1.94 bits per heavy atom. The fourth-order valence-corrected chi connectivity index (χ4v) is 1.70. The van der Waals surface area contributed by atoms with Gasteiger partial charge in [0.05, 0.1) is 18.0 Å². The second-order valence-corrected chi connectivity index (χ2v) is 3.66. The van der Waals surface area contributed by atoms with E-state index in [0.717, 1.165) is 17.8 Å². The Kier molecular flexibility index (Phi) is 2.24. The number of halogens is 1. The lowest BCUT2D eigenvalue weighted by Gasteiger charge is -1.97. The molecule has 0 radical (unpaired) electrons. The molecule has 0 aliphatic rings. The fraction of sp³-hybridized carbons (Fsp3) is 0. The van der Waals surface area contributed by atoms with E-state index >= 15 is 0 Å². The summed E-state index contributed by atoms with van der Waals surface area (Å²) in [6, 6.07) is 3.71. The molecule has 0 aromatic carbocycles. The molecule has 18 heavy (non-hydrogen) atoms. The molecule has 3 rings (SSSR count). The number of pyridine rings is 1. The van der Waals surface area contributed by atoms with E-state index in [0.29, 0.717) is 22.6 Å². The average molecular weight is 239 g/mol. The maximum Gasteiger partial charge on any atom is 0.161 e. The van der Waals surface area contributed by atoms with Crippen molar-refractivity contribution in [3.05, 3.63) is 42.2 Å². The lowest BCUT2D eigenvalue weighted by Crippen LogP contribution is -1.89. The van der Waals surface area contributed by atoms with Crippen LogP contribution in [-0.2, 0) is 0 Å². The molecule has 0 fully saturated rings. The van der Waals surface area contributed by atoms with Crippen molar-refractivity contribution in [1.29, 1.82) is 5.26 Å². The standard InChI is InChI=1S/C12H6FN5/c13-8-4-16-12(17-5-8)10-6-18-11-9(10)1-7(2-14)3-15-11/h1,3-6H,(H,15,18). The van der Waals surface area contributed by atoms with E-state index in [9.17, 15) is 4.39 Å². The number of fused-ring (bicyclic) bond motifs is 1. The summed E-state index contributed by atoms with van der Waals surface area (Å²) in [4.78, 5) is 14.9. The van der Waals surface area contributed by atoms with Crippen LogP contribution < -0.4 is 0 Å². The highest BCUT2D eigenvalue weighted by atomic mass is 19.1. The summed E-state index contributed by atoms with van der Waals surface area (Å²) >= 11 is 0. The van der Waals surface area contributed by atoms with Crippen molar-refractivity contribution in [2.45, 2.75) is 0 Å². The first-order valence-corrected chi connectivity index (χ1v) is 5.13. The van der Waals surface area contributed by atoms with E-state index in [1.165, 1.54) is 6.20 Å². The lowest BCUT2D eigenvalue weighted by molar-refractivity contribution is 0.614. The smallest absolute Gasteiger partial charge is 0.161 e. The summed E-state index contributed by atoms with van der Waals surface area (Å²) in [6.07, 6.45) is 5.37. The highest BCUT2D eigenvalue weighted by Crippen LogP contribution is 2.25. The molecule has 3 aromatic heterocycles. The van der Waals surface area contributed by atoms with Gasteiger partial charge < -0.3 is 4.98 Å². The van der Waals surface area contributed by atoms with E-state index < -0.39 is 5.82 Å². The van der Waals surface area contributed by atoms with Crippen molar-refractivity contribution in [3.8, 4) is 17.5 Å². The highest BCUT2D eigenvalue weighted by Gasteiger charge is 2.10. The second-order valence-electron chi connectivity index (χ2n) is 3.66. The van der Waals surface area contributed by atoms with Crippen molar-refractivity contribution < 1.29 is 4.39 Å². The molecule has 0 aliphatic heterocycles. The van der Waals surface area contributed by atoms with Crippen molar-refractivity contribution in [2.24, 2.45) is 0 Å². The average Bonchev–Trinajstić information content (AvgIpc) is 2.82. The number of nitriles is 1. The van der Waals surface area contributed by atoms with Crippen LogP contribution in [0.5, 0.6) is 0 Å². The minimum atomic E-state index is -0.491. The number of hydrogen-bond donors (Lipinski definition) is 1. The van der Waals surface area contributed by atoms with Crippen LogP contribution in [-0.4, -0.2) is 19.9 Å². The molecular weight excluding hydrogens is 233 g/mol. The number of aromatic nitrogens is 4. The van der Waals surface area contributed by atoms with Gasteiger partial charge in [-0.1, -0.05) is 0 Å². The molecule has 0 amide bonds. The van der Waals surface area contributed by atoms with Gasteiger partial charge in [-0.3, -0.25) is 0 Å². The van der Waals surface area contributed by atoms with Gasteiger partial charge in [-0.05, 0) is 6.07 Å². The second kappa shape index (κ2) is 3.89. The Morgan fingerprint density at radius 3 is 2.67 bits per heavy atom. The summed E-state index contributed by atoms with van der Waals surface area (Å²) in [5, 5.41) is 9.59. The third-order valence-electron chi connectivity index (χ3n) is 2.52. The third-order valence-corrected chi connectivity index (χ3v) is 2.52. The van der Waals surface area contributed by atoms with Gasteiger partial charge in [-0.15, -0.1) is 0 Å². The Bertz CT molecular complexity index is 754. The fourth-order valence-electron chi connectivity index (χ4n) is 1.70. The molecule has 0 bridgehead atoms. The maximum atomic E-state index is 12.8. The van der Waals surface area contributed by atoms with E-state index in [-0.39, 0.29) is 0 Å². The minimum absolute atomic E-state index is 0.388. The molecule has 3 heterocycles. The molecule has 5 nitrogen and oxygen atoms in total. The van der Waals surface area contributed by atoms with Crippen molar-refractivity contribution in [3.63, 3.8) is 0 Å². The molecular formula is C12H6FN5. The van der Waals surface area contributed by atoms with Gasteiger partial charge >= 0.3 is 0 Å². The maximum absolute atomic E-state index is 12.8. The van der Waals surface area contributed by atoms with Crippen molar-refractivity contribution >= 4 is 11.0 Å². The molecule has 0 saturated heterocycles. The first-order valence-electron chi connectivity index (χ1n) is 5.13. The largest absolute Gasteiger partial charge is 0.345 e. The number of hydrogen-bond acceptors (Lipinski definition) is 4. The number of nitrogens with zero attached hydrogens (tertiary/aromatic N) is 4. The molecule has 6 heteroatoms. The number of nitrogens with one attached hydrogen (secondary N) is 1. The summed E-state index contributed by atoms with van der Waals surface area (Å²) < 4.78 is 12.8. The normalized spacial score (nSPS) is 10.4. The zero-order valence-electron chi connectivity index (χ0n) is 9.05. The molecule has 0 saturated carbocycles. The Hall–Kier alpha value is -2.81. The third kappa shape index (κ3) is 1.58. The highest BCUT2D eigenvalue weighted by molar-refractivity contribution is 5.92. The van der Waals surface area contributed by atoms with Crippen LogP contribution in [0.3, 0.4) is 0 Å². The van der Waals surface area contributed by atoms with E-state index in [1.807, 2.05) is 6.07 Å². The first-order chi connectivity index (χ1) is 8.78. The molecule has 0 spiro atoms. The number of aromatic amines is 1. The quantitative estimate of drug-likeness (QED) is 0.704. The monoisotopic (exact) mass is 239 g/mol. The van der Waals surface area contributed by atoms with Crippen LogP contribution in [0.1, 0.15) is 5.56 Å². The van der Waals surface area contributed by atoms with Crippen LogP contribution in [0, 0.1) is 17.1 Å². The Balaban J connectivity index is 2.23. The van der Waals surface area contributed by atoms with Crippen LogP contribution in [0.25, 0.3) is 22.4 Å². The van der Waals surface area contributed by atoms with Crippen LogP contribution in [0.4, 0.5) is 4.39 Å². The Morgan fingerprint density at radius 1 is 1.17 bits per heavy atom. The SMILES string of the molecule is N#Cc1cnc2[nH]cc(-c3ncc(F)cn3)c2c1. The number of H-pyrrole nitrogens is 1. The molecule has 0 aliphatic carbocycles. The lowest BCUT2D eigenvalue weighted by atomic mass is 10.1. The summed E-state index contributed by atoms with van der Waals surface area (Å²) in [5.41, 5.74) is 1.77. The van der Waals surface area contributed by atoms with Crippen LogP contribution >= 0.6 is 0 Å². The van der Waals surface area contributed by atoms with Crippen molar-refractivity contribution in [1.82, 2.24) is 19.9 Å². The molecule has 0 atom stereocenters. The topological polar surface area (TPSA) is 78.2 Å². The van der Waals surface area contributed by atoms with E-state index in [4.69, 9.17) is 5.26 Å². The molecule has 3 aromatic rings. The van der Waals surface area contributed by atoms with Gasteiger partial charge in [0.15, 0.2) is 11.6 Å². The van der Waals surface area contributed by atoms with Gasteiger partial charge in [0.2, 0.25) is 0 Å². The van der Waals surface area contributed by atoms with Gasteiger partial charge in [0.25, 0.3) is 0 Å². The summed E-state index contributed by atoms with van der Waals surface area (Å²) in [7, 11) is 0. The van der Waals surface area contributed by atoms with Crippen molar-refractivity contribution in [2.75, 3.05) is 0 Å². The van der Waals surface area contributed by atoms with Gasteiger partial charge in [0, 0.05) is 23.3 Å². The predicted octanol–water partition coefficient (Wildman–Crippen LogP) is 2.03. The van der Waals surface area contributed by atoms with Gasteiger partial charge in [0.1, 0.15) is 11.7 Å². The molecule has 0 unspecified atom stereocenters. The summed E-state index contributed by atoms with van der Waals surface area (Å²) in [5.74, 6) is -0.103. The van der Waals surface area contributed by atoms with Gasteiger partial charge in [-0.25, -0.2) is 19.3 Å². The Labute approximate surface area is 101 Å².